The van der Waals surface area contributed by atoms with Crippen LogP contribution in [-0.4, -0.2) is 29.8 Å². The van der Waals surface area contributed by atoms with E-state index >= 15 is 0 Å². The molecule has 2 heterocycles. The van der Waals surface area contributed by atoms with E-state index in [1.54, 1.807) is 12.4 Å². The van der Waals surface area contributed by atoms with Crippen molar-refractivity contribution in [3.8, 4) is 0 Å². The van der Waals surface area contributed by atoms with Gasteiger partial charge in [0.1, 0.15) is 12.6 Å². The van der Waals surface area contributed by atoms with Crippen molar-refractivity contribution in [2.24, 2.45) is 0 Å². The molecule has 3 nitrogen and oxygen atoms in total. The number of para-hydroxylation sites is 1. The Morgan fingerprint density at radius 1 is 0.400 bits per heavy atom. The zero-order valence-electron chi connectivity index (χ0n) is 29.7. The molecule has 0 saturated heterocycles. The topological polar surface area (TPSA) is 29.0 Å². The molecule has 0 aliphatic carbocycles. The van der Waals surface area contributed by atoms with E-state index in [0.29, 0.717) is 0 Å². The summed E-state index contributed by atoms with van der Waals surface area (Å²) in [6, 6.07) is 67.5. The molecule has 6 aromatic carbocycles. The summed E-state index contributed by atoms with van der Waals surface area (Å²) in [5.41, 5.74) is 3.26. The van der Waals surface area contributed by atoms with Gasteiger partial charge in [-0.2, -0.15) is 0 Å². The first-order valence-electron chi connectivity index (χ1n) is 17.5. The molecule has 55 heavy (non-hydrogen) atoms. The van der Waals surface area contributed by atoms with Gasteiger partial charge in [-0.3, -0.25) is 9.97 Å². The number of hydrogen-bond acceptors (Lipinski definition) is 3. The SMILES string of the molecule is F[B-](F)(F)F.[Cu+].c1ccc(N(C[PH+](c2ccccc2)c2ccccc2)C[PH+](c2ccccc2)c2ccccc2)cc1.c1cnc2c(c1)ccc1cccnc12. The fourth-order valence-corrected chi connectivity index (χ4v) is 11.5. The second-order valence-electron chi connectivity index (χ2n) is 12.3. The van der Waals surface area contributed by atoms with Crippen LogP contribution in [0.25, 0.3) is 21.8 Å². The Labute approximate surface area is 332 Å². The zero-order chi connectivity index (χ0) is 37.6. The maximum Gasteiger partial charge on any atom is 1.00 e. The molecule has 0 aliphatic rings. The molecule has 0 spiro atoms. The quantitative estimate of drug-likeness (QED) is 0.0629. The maximum absolute atomic E-state index is 9.75. The van der Waals surface area contributed by atoms with Crippen molar-refractivity contribution in [2.75, 3.05) is 17.5 Å². The van der Waals surface area contributed by atoms with Crippen LogP contribution < -0.4 is 26.1 Å². The van der Waals surface area contributed by atoms with Crippen LogP contribution in [0.15, 0.2) is 200 Å². The monoisotopic (exact) mass is 821 g/mol. The minimum absolute atomic E-state index is 0. The predicted octanol–water partition coefficient (Wildman–Crippen LogP) is 10.2. The van der Waals surface area contributed by atoms with Crippen molar-refractivity contribution in [1.29, 1.82) is 0 Å². The van der Waals surface area contributed by atoms with Gasteiger partial charge in [-0.1, -0.05) is 115 Å². The van der Waals surface area contributed by atoms with E-state index in [-0.39, 0.29) is 17.1 Å². The Kier molecular flexibility index (Phi) is 15.5. The molecule has 0 radical (unpaired) electrons. The fraction of sp³-hybridized carbons (Fsp3) is 0.0455. The summed E-state index contributed by atoms with van der Waals surface area (Å²) in [7, 11) is -8.02. The summed E-state index contributed by atoms with van der Waals surface area (Å²) in [6.45, 7) is 0. The number of aromatic nitrogens is 2. The van der Waals surface area contributed by atoms with Crippen LogP contribution in [0.2, 0.25) is 0 Å². The normalized spacial score (nSPS) is 10.9. The molecule has 11 heteroatoms. The average molecular weight is 822 g/mol. The van der Waals surface area contributed by atoms with Crippen LogP contribution in [0.3, 0.4) is 0 Å². The minimum atomic E-state index is -6.00. The third-order valence-corrected chi connectivity index (χ3v) is 14.2. The number of rotatable bonds is 9. The molecule has 0 aliphatic heterocycles. The molecule has 8 aromatic rings. The smallest absolute Gasteiger partial charge is 0.418 e. The van der Waals surface area contributed by atoms with Gasteiger partial charge in [-0.05, 0) is 72.8 Å². The molecule has 0 N–H and O–H groups in total. The number of benzene rings is 6. The summed E-state index contributed by atoms with van der Waals surface area (Å²) in [6.07, 6.45) is 5.65. The first-order chi connectivity index (χ1) is 26.3. The van der Waals surface area contributed by atoms with Crippen molar-refractivity contribution in [1.82, 2.24) is 9.97 Å². The van der Waals surface area contributed by atoms with Gasteiger partial charge < -0.3 is 22.2 Å². The second-order valence-corrected chi connectivity index (χ2v) is 17.2. The zero-order valence-corrected chi connectivity index (χ0v) is 32.6. The van der Waals surface area contributed by atoms with E-state index < -0.39 is 23.1 Å². The summed E-state index contributed by atoms with van der Waals surface area (Å²) in [5.74, 6) is 0. The summed E-state index contributed by atoms with van der Waals surface area (Å²) in [5, 5.41) is 8.10. The summed E-state index contributed by atoms with van der Waals surface area (Å²) in [4.78, 5) is 11.3. The van der Waals surface area contributed by atoms with E-state index in [9.17, 15) is 17.3 Å². The minimum Gasteiger partial charge on any atom is -0.418 e. The van der Waals surface area contributed by atoms with Gasteiger partial charge >= 0.3 is 24.3 Å². The Morgan fingerprint density at radius 2 is 0.691 bits per heavy atom. The van der Waals surface area contributed by atoms with Gasteiger partial charge in [0.25, 0.3) is 0 Å². The molecular weight excluding hydrogens is 783 g/mol. The van der Waals surface area contributed by atoms with Crippen LogP contribution in [0.4, 0.5) is 23.0 Å². The molecule has 0 unspecified atom stereocenters. The Morgan fingerprint density at radius 3 is 1.00 bits per heavy atom. The molecule has 0 bridgehead atoms. The maximum atomic E-state index is 9.75. The number of nitrogens with zero attached hydrogens (tertiary/aromatic N) is 3. The molecule has 280 valence electrons. The molecular formula is C44H39BCuF4N3P2+2. The van der Waals surface area contributed by atoms with E-state index in [2.05, 4.69) is 191 Å². The van der Waals surface area contributed by atoms with Crippen molar-refractivity contribution in [2.45, 2.75) is 0 Å². The number of fused-ring (bicyclic) bond motifs is 3. The van der Waals surface area contributed by atoms with E-state index in [1.165, 1.54) is 26.9 Å². The van der Waals surface area contributed by atoms with E-state index in [1.807, 2.05) is 12.1 Å². The van der Waals surface area contributed by atoms with Gasteiger partial charge in [0.05, 0.1) is 48.1 Å². The van der Waals surface area contributed by atoms with Gasteiger partial charge in [0, 0.05) is 28.9 Å². The second kappa shape index (κ2) is 20.7. The molecule has 0 saturated carbocycles. The van der Waals surface area contributed by atoms with Crippen LogP contribution in [-0.2, 0) is 17.1 Å². The van der Waals surface area contributed by atoms with Crippen molar-refractivity contribution in [3.63, 3.8) is 0 Å². The van der Waals surface area contributed by atoms with Crippen LogP contribution in [0.5, 0.6) is 0 Å². The van der Waals surface area contributed by atoms with Crippen LogP contribution in [0.1, 0.15) is 0 Å². The molecule has 0 atom stereocenters. The number of anilines is 1. The first-order valence-corrected chi connectivity index (χ1v) is 20.9. The molecule has 0 amide bonds. The summed E-state index contributed by atoms with van der Waals surface area (Å²) >= 11 is 0. The van der Waals surface area contributed by atoms with E-state index in [0.717, 1.165) is 34.4 Å². The molecule has 0 fully saturated rings. The Hall–Kier alpha value is -4.90. The van der Waals surface area contributed by atoms with Crippen molar-refractivity contribution in [3.05, 3.63) is 200 Å². The average Bonchev–Trinajstić information content (AvgIpc) is 3.22. The Balaban J connectivity index is 0.000000238. The van der Waals surface area contributed by atoms with Crippen LogP contribution >= 0.6 is 15.8 Å². The third-order valence-electron chi connectivity index (χ3n) is 8.65. The molecule has 2 aromatic heterocycles. The van der Waals surface area contributed by atoms with Crippen molar-refractivity contribution < 1.29 is 34.3 Å². The number of pyridine rings is 2. The standard InChI is InChI=1S/C32H29NP2.C12H8N2.BF4.Cu/c1-6-16-28(17-7-1)33(26-34(29-18-8-2-9-19-29)30-20-10-3-11-21-30)27-35(31-22-12-4-13-23-31)32-24-14-5-15-25-32;1-3-9-5-6-10-4-2-8-14-12(10)11(9)13-7-1;2-1(3,4)5;/h1-25H,26-27H2;1-8H;;/q;;-1;+1/p+2. The fourth-order valence-electron chi connectivity index (χ4n) is 6.19. The largest absolute Gasteiger partial charge is 1.00 e. The van der Waals surface area contributed by atoms with Crippen molar-refractivity contribution >= 4 is 71.8 Å². The van der Waals surface area contributed by atoms with Crippen LogP contribution in [0, 0.1) is 0 Å². The van der Waals surface area contributed by atoms with Gasteiger partial charge in [-0.15, -0.1) is 0 Å². The van der Waals surface area contributed by atoms with Gasteiger partial charge in [-0.25, -0.2) is 0 Å². The van der Waals surface area contributed by atoms with Gasteiger partial charge in [0.15, 0.2) is 0 Å². The number of halogens is 4. The van der Waals surface area contributed by atoms with Gasteiger partial charge in [0.2, 0.25) is 0 Å². The Bertz CT molecular complexity index is 2090. The third kappa shape index (κ3) is 12.3. The predicted molar refractivity (Wildman–Crippen MR) is 227 cm³/mol. The van der Waals surface area contributed by atoms with E-state index in [4.69, 9.17) is 0 Å². The number of hydrogen-bond donors (Lipinski definition) is 0. The first kappa shape index (κ1) is 41.3. The summed E-state index contributed by atoms with van der Waals surface area (Å²) < 4.78 is 39.0. The molecule has 8 rings (SSSR count).